The SMILES string of the molecule is CCOc1cc(C2/C(=C(\O)c3ccc(OC)cc3)C(=O)C(=O)N2CCCN2CCOCC2)ccc1OCCC(C)C. The van der Waals surface area contributed by atoms with E-state index < -0.39 is 17.7 Å². The Balaban J connectivity index is 1.70. The molecule has 0 aromatic heterocycles. The summed E-state index contributed by atoms with van der Waals surface area (Å²) in [5, 5.41) is 11.4. The zero-order valence-electron chi connectivity index (χ0n) is 24.6. The molecule has 41 heavy (non-hydrogen) atoms. The Kier molecular flexibility index (Phi) is 10.7. The molecule has 1 amide bonds. The van der Waals surface area contributed by atoms with Crippen molar-refractivity contribution >= 4 is 17.4 Å². The van der Waals surface area contributed by atoms with Gasteiger partial charge >= 0.3 is 0 Å². The summed E-state index contributed by atoms with van der Waals surface area (Å²) in [5.41, 5.74) is 1.16. The fourth-order valence-corrected chi connectivity index (χ4v) is 5.14. The smallest absolute Gasteiger partial charge is 0.295 e. The molecule has 2 saturated heterocycles. The minimum atomic E-state index is -0.772. The lowest BCUT2D eigenvalue weighted by atomic mass is 9.95. The number of Topliss-reactive ketones (excluding diaryl/α,β-unsaturated/α-hetero) is 1. The molecule has 0 aliphatic carbocycles. The molecule has 2 aromatic rings. The number of morpholine rings is 1. The van der Waals surface area contributed by atoms with E-state index >= 15 is 0 Å². The van der Waals surface area contributed by atoms with Crippen LogP contribution in [-0.4, -0.2) is 86.3 Å². The molecular formula is C32H42N2O7. The van der Waals surface area contributed by atoms with Crippen molar-refractivity contribution in [2.45, 2.75) is 39.7 Å². The fraction of sp³-hybridized carbons (Fsp3) is 0.500. The zero-order valence-corrected chi connectivity index (χ0v) is 24.6. The van der Waals surface area contributed by atoms with E-state index in [1.54, 1.807) is 36.3 Å². The van der Waals surface area contributed by atoms with Gasteiger partial charge in [-0.2, -0.15) is 0 Å². The molecule has 2 heterocycles. The van der Waals surface area contributed by atoms with Crippen molar-refractivity contribution in [2.75, 3.05) is 59.7 Å². The van der Waals surface area contributed by atoms with Gasteiger partial charge in [-0.05, 0) is 67.6 Å². The van der Waals surface area contributed by atoms with Crippen LogP contribution < -0.4 is 14.2 Å². The van der Waals surface area contributed by atoms with E-state index in [2.05, 4.69) is 18.7 Å². The molecule has 2 aromatic carbocycles. The normalized spacial score (nSPS) is 19.1. The van der Waals surface area contributed by atoms with Crippen LogP contribution in [0.1, 0.15) is 50.8 Å². The minimum absolute atomic E-state index is 0.0578. The summed E-state index contributed by atoms with van der Waals surface area (Å²) in [4.78, 5) is 30.8. The molecular weight excluding hydrogens is 524 g/mol. The highest BCUT2D eigenvalue weighted by atomic mass is 16.5. The van der Waals surface area contributed by atoms with Crippen LogP contribution in [0, 0.1) is 5.92 Å². The van der Waals surface area contributed by atoms with Crippen molar-refractivity contribution < 1.29 is 33.6 Å². The molecule has 0 spiro atoms. The number of methoxy groups -OCH3 is 1. The highest BCUT2D eigenvalue weighted by Crippen LogP contribution is 2.42. The van der Waals surface area contributed by atoms with Crippen LogP contribution in [0.4, 0.5) is 0 Å². The molecule has 0 radical (unpaired) electrons. The van der Waals surface area contributed by atoms with Gasteiger partial charge in [-0.1, -0.05) is 19.9 Å². The van der Waals surface area contributed by atoms with Gasteiger partial charge in [-0.15, -0.1) is 0 Å². The number of hydrogen-bond donors (Lipinski definition) is 1. The van der Waals surface area contributed by atoms with Crippen molar-refractivity contribution in [2.24, 2.45) is 5.92 Å². The number of amides is 1. The number of rotatable bonds is 13. The van der Waals surface area contributed by atoms with Gasteiger partial charge in [-0.3, -0.25) is 14.5 Å². The maximum atomic E-state index is 13.5. The third-order valence-corrected chi connectivity index (χ3v) is 7.42. The van der Waals surface area contributed by atoms with E-state index in [-0.39, 0.29) is 11.3 Å². The first-order valence-electron chi connectivity index (χ1n) is 14.5. The number of carbonyl (C=O) groups excluding carboxylic acids is 2. The average molecular weight is 567 g/mol. The van der Waals surface area contributed by atoms with Crippen molar-refractivity contribution in [3.8, 4) is 17.2 Å². The maximum absolute atomic E-state index is 13.5. The molecule has 2 aliphatic rings. The zero-order chi connectivity index (χ0) is 29.4. The highest BCUT2D eigenvalue weighted by molar-refractivity contribution is 6.46. The van der Waals surface area contributed by atoms with Crippen molar-refractivity contribution in [3.05, 3.63) is 59.2 Å². The third-order valence-electron chi connectivity index (χ3n) is 7.42. The molecule has 1 N–H and O–H groups in total. The number of likely N-dealkylation sites (tertiary alicyclic amines) is 1. The van der Waals surface area contributed by atoms with Crippen molar-refractivity contribution in [3.63, 3.8) is 0 Å². The Morgan fingerprint density at radius 2 is 1.76 bits per heavy atom. The fourth-order valence-electron chi connectivity index (χ4n) is 5.14. The number of nitrogens with zero attached hydrogens (tertiary/aromatic N) is 2. The second-order valence-electron chi connectivity index (χ2n) is 10.7. The first kappa shape index (κ1) is 30.4. The minimum Gasteiger partial charge on any atom is -0.507 e. The lowest BCUT2D eigenvalue weighted by Gasteiger charge is -2.29. The largest absolute Gasteiger partial charge is 0.507 e. The average Bonchev–Trinajstić information content (AvgIpc) is 3.23. The van der Waals surface area contributed by atoms with Crippen LogP contribution in [0.2, 0.25) is 0 Å². The van der Waals surface area contributed by atoms with E-state index in [1.165, 1.54) is 0 Å². The number of hydrogen-bond acceptors (Lipinski definition) is 8. The third kappa shape index (κ3) is 7.40. The van der Waals surface area contributed by atoms with Gasteiger partial charge in [0.1, 0.15) is 11.5 Å². The van der Waals surface area contributed by atoms with Crippen molar-refractivity contribution in [1.82, 2.24) is 9.80 Å². The van der Waals surface area contributed by atoms with Gasteiger partial charge in [0.05, 0.1) is 45.2 Å². The molecule has 9 heteroatoms. The second-order valence-corrected chi connectivity index (χ2v) is 10.7. The Bertz CT molecular complexity index is 1220. The van der Waals surface area contributed by atoms with E-state index in [0.29, 0.717) is 73.7 Å². The number of aliphatic hydroxyl groups is 1. The predicted molar refractivity (Wildman–Crippen MR) is 156 cm³/mol. The van der Waals surface area contributed by atoms with Gasteiger partial charge < -0.3 is 29.0 Å². The monoisotopic (exact) mass is 566 g/mol. The van der Waals surface area contributed by atoms with Gasteiger partial charge in [0, 0.05) is 31.7 Å². The summed E-state index contributed by atoms with van der Waals surface area (Å²) < 4.78 is 22.6. The van der Waals surface area contributed by atoms with E-state index in [0.717, 1.165) is 26.1 Å². The number of ketones is 1. The van der Waals surface area contributed by atoms with Gasteiger partial charge in [0.2, 0.25) is 0 Å². The lowest BCUT2D eigenvalue weighted by molar-refractivity contribution is -0.140. The molecule has 2 fully saturated rings. The van der Waals surface area contributed by atoms with E-state index in [1.807, 2.05) is 25.1 Å². The van der Waals surface area contributed by atoms with Gasteiger partial charge in [0.15, 0.2) is 11.5 Å². The summed E-state index contributed by atoms with van der Waals surface area (Å²) in [6.45, 7) is 11.4. The molecule has 2 aliphatic heterocycles. The molecule has 222 valence electrons. The summed E-state index contributed by atoms with van der Waals surface area (Å²) in [6.07, 6.45) is 1.58. The molecule has 1 atom stereocenters. The molecule has 1 unspecified atom stereocenters. The van der Waals surface area contributed by atoms with Crippen LogP contribution >= 0.6 is 0 Å². The van der Waals surface area contributed by atoms with Gasteiger partial charge in [0.25, 0.3) is 11.7 Å². The molecule has 9 nitrogen and oxygen atoms in total. The van der Waals surface area contributed by atoms with Crippen LogP contribution in [-0.2, 0) is 14.3 Å². The first-order valence-corrected chi connectivity index (χ1v) is 14.5. The Hall–Kier alpha value is -3.56. The number of carbonyl (C=O) groups is 2. The highest BCUT2D eigenvalue weighted by Gasteiger charge is 2.46. The molecule has 0 saturated carbocycles. The topological polar surface area (TPSA) is 97.8 Å². The molecule has 4 rings (SSSR count). The van der Waals surface area contributed by atoms with Gasteiger partial charge in [-0.25, -0.2) is 0 Å². The summed E-state index contributed by atoms with van der Waals surface area (Å²) in [7, 11) is 1.56. The van der Waals surface area contributed by atoms with Crippen LogP contribution in [0.5, 0.6) is 17.2 Å². The summed E-state index contributed by atoms with van der Waals surface area (Å²) in [6, 6.07) is 11.5. The Morgan fingerprint density at radius 1 is 1.02 bits per heavy atom. The standard InChI is InChI=1S/C32H42N2O7/c1-5-40-27-21-24(9-12-26(27)41-18-13-22(2)3)29-28(30(35)23-7-10-25(38-4)11-8-23)31(36)32(37)34(29)15-6-14-33-16-19-39-20-17-33/h7-12,21-22,29,35H,5-6,13-20H2,1-4H3/b30-28+. The first-order chi connectivity index (χ1) is 19.8. The second kappa shape index (κ2) is 14.4. The Morgan fingerprint density at radius 3 is 2.41 bits per heavy atom. The Labute approximate surface area is 242 Å². The predicted octanol–water partition coefficient (Wildman–Crippen LogP) is 4.66. The number of aliphatic hydroxyl groups excluding tert-OH is 1. The number of ether oxygens (including phenoxy) is 4. The van der Waals surface area contributed by atoms with E-state index in [4.69, 9.17) is 18.9 Å². The quantitative estimate of drug-likeness (QED) is 0.212. The lowest BCUT2D eigenvalue weighted by Crippen LogP contribution is -2.39. The van der Waals surface area contributed by atoms with Crippen LogP contribution in [0.3, 0.4) is 0 Å². The number of benzene rings is 2. The van der Waals surface area contributed by atoms with Crippen LogP contribution in [0.15, 0.2) is 48.0 Å². The molecule has 0 bridgehead atoms. The van der Waals surface area contributed by atoms with Crippen LogP contribution in [0.25, 0.3) is 5.76 Å². The van der Waals surface area contributed by atoms with E-state index in [9.17, 15) is 14.7 Å². The van der Waals surface area contributed by atoms with Crippen molar-refractivity contribution in [1.29, 1.82) is 0 Å². The summed E-state index contributed by atoms with van der Waals surface area (Å²) in [5.74, 6) is 0.720. The summed E-state index contributed by atoms with van der Waals surface area (Å²) >= 11 is 0. The maximum Gasteiger partial charge on any atom is 0.295 e.